The summed E-state index contributed by atoms with van der Waals surface area (Å²) in [5, 5.41) is 3.75. The van der Waals surface area contributed by atoms with Crippen molar-refractivity contribution in [2.24, 2.45) is 0 Å². The number of alkyl halides is 3. The van der Waals surface area contributed by atoms with Gasteiger partial charge >= 0.3 is 6.18 Å². The van der Waals surface area contributed by atoms with E-state index in [4.69, 9.17) is 23.2 Å². The molecular formula is C16H11Cl3F3N3. The highest BCUT2D eigenvalue weighted by molar-refractivity contribution is 6.42. The third-order valence-corrected chi connectivity index (χ3v) is 4.09. The van der Waals surface area contributed by atoms with Crippen LogP contribution in [-0.2, 0) is 6.18 Å². The minimum Gasteiger partial charge on any atom is -0.339 e. The Hall–Kier alpha value is -1.76. The molecule has 0 aliphatic heterocycles. The predicted octanol–water partition coefficient (Wildman–Crippen LogP) is 6.43. The molecule has 132 valence electrons. The van der Waals surface area contributed by atoms with E-state index in [1.807, 2.05) is 0 Å². The number of rotatable bonds is 2. The lowest BCUT2D eigenvalue weighted by Gasteiger charge is -2.11. The van der Waals surface area contributed by atoms with Crippen LogP contribution in [0.3, 0.4) is 0 Å². The lowest BCUT2D eigenvalue weighted by Crippen LogP contribution is -2.06. The Morgan fingerprint density at radius 2 is 1.64 bits per heavy atom. The van der Waals surface area contributed by atoms with Gasteiger partial charge in [0, 0.05) is 5.69 Å². The number of aryl methyl sites for hydroxylation is 1. The number of hydrogen-bond donors (Lipinski definition) is 1. The maximum atomic E-state index is 12.8. The fraction of sp³-hybridized carbons (Fsp3) is 0.125. The molecule has 9 heteroatoms. The van der Waals surface area contributed by atoms with Crippen LogP contribution in [0.2, 0.25) is 10.0 Å². The average Bonchev–Trinajstić information content (AvgIpc) is 2.50. The smallest absolute Gasteiger partial charge is 0.339 e. The lowest BCUT2D eigenvalue weighted by molar-refractivity contribution is -0.137. The van der Waals surface area contributed by atoms with Gasteiger partial charge in [0.2, 0.25) is 0 Å². The molecule has 0 saturated heterocycles. The molecule has 0 aliphatic rings. The molecule has 0 radical (unpaired) electrons. The molecule has 3 rings (SSSR count). The van der Waals surface area contributed by atoms with Crippen molar-refractivity contribution in [1.29, 1.82) is 0 Å². The van der Waals surface area contributed by atoms with Crippen LogP contribution >= 0.6 is 35.6 Å². The summed E-state index contributed by atoms with van der Waals surface area (Å²) in [6, 6.07) is 8.16. The van der Waals surface area contributed by atoms with E-state index in [9.17, 15) is 13.2 Å². The van der Waals surface area contributed by atoms with E-state index in [2.05, 4.69) is 15.3 Å². The molecule has 0 aliphatic carbocycles. The summed E-state index contributed by atoms with van der Waals surface area (Å²) in [4.78, 5) is 8.53. The molecule has 1 aromatic heterocycles. The second-order valence-corrected chi connectivity index (χ2v) is 5.93. The Kier molecular flexibility index (Phi) is 5.66. The first-order chi connectivity index (χ1) is 11.2. The molecular weight excluding hydrogens is 398 g/mol. The topological polar surface area (TPSA) is 37.8 Å². The van der Waals surface area contributed by atoms with Crippen molar-refractivity contribution in [3.63, 3.8) is 0 Å². The third kappa shape index (κ3) is 4.26. The minimum atomic E-state index is -4.43. The Morgan fingerprint density at radius 3 is 2.28 bits per heavy atom. The van der Waals surface area contributed by atoms with Gasteiger partial charge in [-0.3, -0.25) is 0 Å². The van der Waals surface area contributed by atoms with Crippen LogP contribution in [0.5, 0.6) is 0 Å². The van der Waals surface area contributed by atoms with Gasteiger partial charge in [-0.1, -0.05) is 23.2 Å². The summed E-state index contributed by atoms with van der Waals surface area (Å²) >= 11 is 11.8. The molecule has 0 amide bonds. The monoisotopic (exact) mass is 407 g/mol. The van der Waals surface area contributed by atoms with Crippen LogP contribution in [0.1, 0.15) is 11.3 Å². The summed E-state index contributed by atoms with van der Waals surface area (Å²) in [5.41, 5.74) is 0.924. The zero-order valence-corrected chi connectivity index (χ0v) is 15.0. The normalized spacial score (nSPS) is 11.3. The van der Waals surface area contributed by atoms with Gasteiger partial charge in [0.05, 0.1) is 32.3 Å². The van der Waals surface area contributed by atoms with E-state index in [1.165, 1.54) is 6.07 Å². The molecule has 0 spiro atoms. The number of nitrogens with zero attached hydrogens (tertiary/aromatic N) is 2. The van der Waals surface area contributed by atoms with Crippen LogP contribution in [0.25, 0.3) is 11.0 Å². The molecule has 1 heterocycles. The fourth-order valence-corrected chi connectivity index (χ4v) is 2.45. The SMILES string of the molecule is Cc1nc2ccc(C(F)(F)F)cc2nc1Nc1ccc(Cl)c(Cl)c1.Cl. The molecule has 0 fully saturated rings. The highest BCUT2D eigenvalue weighted by Gasteiger charge is 2.30. The molecule has 1 N–H and O–H groups in total. The first kappa shape index (κ1) is 19.6. The van der Waals surface area contributed by atoms with Gasteiger partial charge in [0.15, 0.2) is 5.82 Å². The molecule has 0 saturated carbocycles. The van der Waals surface area contributed by atoms with E-state index in [0.29, 0.717) is 32.8 Å². The van der Waals surface area contributed by atoms with Crippen LogP contribution in [0.4, 0.5) is 24.7 Å². The quantitative estimate of drug-likeness (QED) is 0.531. The van der Waals surface area contributed by atoms with Crippen molar-refractivity contribution in [1.82, 2.24) is 9.97 Å². The van der Waals surface area contributed by atoms with Crippen LogP contribution in [-0.4, -0.2) is 9.97 Å². The summed E-state index contributed by atoms with van der Waals surface area (Å²) in [7, 11) is 0. The number of aromatic nitrogens is 2. The number of hydrogen-bond acceptors (Lipinski definition) is 3. The molecule has 25 heavy (non-hydrogen) atoms. The summed E-state index contributed by atoms with van der Waals surface area (Å²) in [5.74, 6) is 0.347. The van der Waals surface area contributed by atoms with Crippen LogP contribution < -0.4 is 5.32 Å². The van der Waals surface area contributed by atoms with Gasteiger partial charge in [-0.05, 0) is 43.3 Å². The van der Waals surface area contributed by atoms with Crippen molar-refractivity contribution >= 4 is 58.1 Å². The maximum absolute atomic E-state index is 12.8. The van der Waals surface area contributed by atoms with E-state index >= 15 is 0 Å². The van der Waals surface area contributed by atoms with Crippen molar-refractivity contribution in [3.05, 3.63) is 57.7 Å². The largest absolute Gasteiger partial charge is 0.416 e. The number of anilines is 2. The molecule has 3 nitrogen and oxygen atoms in total. The predicted molar refractivity (Wildman–Crippen MR) is 96.3 cm³/mol. The molecule has 0 unspecified atom stereocenters. The van der Waals surface area contributed by atoms with Gasteiger partial charge in [-0.15, -0.1) is 12.4 Å². The van der Waals surface area contributed by atoms with Gasteiger partial charge in [-0.25, -0.2) is 9.97 Å². The number of benzene rings is 2. The third-order valence-electron chi connectivity index (χ3n) is 3.35. The van der Waals surface area contributed by atoms with Crippen molar-refractivity contribution in [2.45, 2.75) is 13.1 Å². The van der Waals surface area contributed by atoms with Gasteiger partial charge < -0.3 is 5.32 Å². The van der Waals surface area contributed by atoms with Gasteiger partial charge in [0.1, 0.15) is 0 Å². The molecule has 0 atom stereocenters. The standard InChI is InChI=1S/C16H10Cl2F3N3.ClH/c1-8-15(23-10-3-4-11(17)12(18)7-10)24-14-6-9(16(19,20)21)2-5-13(14)22-8;/h2-7H,1H3,(H,23,24);1H. The van der Waals surface area contributed by atoms with Crippen molar-refractivity contribution < 1.29 is 13.2 Å². The number of halogens is 6. The Balaban J connectivity index is 0.00000225. The first-order valence-corrected chi connectivity index (χ1v) is 7.57. The minimum absolute atomic E-state index is 0. The van der Waals surface area contributed by atoms with Crippen molar-refractivity contribution in [3.8, 4) is 0 Å². The highest BCUT2D eigenvalue weighted by Crippen LogP contribution is 2.32. The van der Waals surface area contributed by atoms with Crippen LogP contribution in [0.15, 0.2) is 36.4 Å². The Bertz CT molecular complexity index is 930. The zero-order valence-electron chi connectivity index (χ0n) is 12.7. The maximum Gasteiger partial charge on any atom is 0.416 e. The second kappa shape index (κ2) is 7.23. The van der Waals surface area contributed by atoms with Gasteiger partial charge in [-0.2, -0.15) is 13.2 Å². The van der Waals surface area contributed by atoms with E-state index in [-0.39, 0.29) is 17.9 Å². The molecule has 3 aromatic rings. The summed E-state index contributed by atoms with van der Waals surface area (Å²) in [6.45, 7) is 1.71. The first-order valence-electron chi connectivity index (χ1n) is 6.82. The lowest BCUT2D eigenvalue weighted by atomic mass is 10.2. The fourth-order valence-electron chi connectivity index (χ4n) is 2.15. The average molecular weight is 409 g/mol. The van der Waals surface area contributed by atoms with E-state index in [0.717, 1.165) is 12.1 Å². The highest BCUT2D eigenvalue weighted by atomic mass is 35.5. The number of fused-ring (bicyclic) bond motifs is 1. The van der Waals surface area contributed by atoms with Gasteiger partial charge in [0.25, 0.3) is 0 Å². The Morgan fingerprint density at radius 1 is 0.920 bits per heavy atom. The second-order valence-electron chi connectivity index (χ2n) is 5.11. The molecule has 0 bridgehead atoms. The Labute approximate surface area is 157 Å². The van der Waals surface area contributed by atoms with E-state index in [1.54, 1.807) is 25.1 Å². The zero-order chi connectivity index (χ0) is 17.5. The summed E-state index contributed by atoms with van der Waals surface area (Å²) < 4.78 is 38.5. The summed E-state index contributed by atoms with van der Waals surface area (Å²) in [6.07, 6.45) is -4.43. The molecule has 2 aromatic carbocycles. The van der Waals surface area contributed by atoms with Crippen molar-refractivity contribution in [2.75, 3.05) is 5.32 Å². The number of nitrogens with one attached hydrogen (secondary N) is 1. The van der Waals surface area contributed by atoms with Crippen LogP contribution in [0, 0.1) is 6.92 Å². The van der Waals surface area contributed by atoms with E-state index < -0.39 is 11.7 Å².